The van der Waals surface area contributed by atoms with Crippen LogP contribution in [0.5, 0.6) is 5.75 Å². The van der Waals surface area contributed by atoms with Crippen molar-refractivity contribution in [2.45, 2.75) is 52.0 Å². The van der Waals surface area contributed by atoms with E-state index in [2.05, 4.69) is 17.1 Å². The average Bonchev–Trinajstić information content (AvgIpc) is 2.56. The summed E-state index contributed by atoms with van der Waals surface area (Å²) in [7, 11) is 0. The van der Waals surface area contributed by atoms with Crippen LogP contribution in [0, 0.1) is 0 Å². The Morgan fingerprint density at radius 1 is 1.26 bits per heavy atom. The molecule has 1 aliphatic rings. The molecule has 23 heavy (non-hydrogen) atoms. The zero-order chi connectivity index (χ0) is 16.5. The Labute approximate surface area is 140 Å². The lowest BCUT2D eigenvalue weighted by molar-refractivity contribution is -0.122. The maximum Gasteiger partial charge on any atom is 0.220 e. The first-order valence-corrected chi connectivity index (χ1v) is 8.95. The van der Waals surface area contributed by atoms with E-state index in [0.29, 0.717) is 19.1 Å². The third-order valence-corrected chi connectivity index (χ3v) is 4.39. The molecule has 4 nitrogen and oxygen atoms in total. The zero-order valence-corrected chi connectivity index (χ0v) is 14.5. The van der Waals surface area contributed by atoms with Gasteiger partial charge < -0.3 is 15.0 Å². The molecule has 0 spiro atoms. The van der Waals surface area contributed by atoms with E-state index in [9.17, 15) is 4.79 Å². The quantitative estimate of drug-likeness (QED) is 0.801. The lowest BCUT2D eigenvalue weighted by Crippen LogP contribution is -2.44. The number of benzene rings is 1. The molecule has 0 aromatic heterocycles. The van der Waals surface area contributed by atoms with E-state index in [4.69, 9.17) is 4.74 Å². The predicted octanol–water partition coefficient (Wildman–Crippen LogP) is 3.01. The predicted molar refractivity (Wildman–Crippen MR) is 93.8 cm³/mol. The molecule has 128 valence electrons. The summed E-state index contributed by atoms with van der Waals surface area (Å²) in [5.41, 5.74) is 1.11. The number of carbonyl (C=O) groups is 1. The van der Waals surface area contributed by atoms with Crippen molar-refractivity contribution in [2.24, 2.45) is 0 Å². The summed E-state index contributed by atoms with van der Waals surface area (Å²) in [5, 5.41) is 3.20. The van der Waals surface area contributed by atoms with E-state index in [1.54, 1.807) is 0 Å². The molecule has 1 fully saturated rings. The third-order valence-electron chi connectivity index (χ3n) is 4.39. The number of carbonyl (C=O) groups excluding carboxylic acids is 1. The van der Waals surface area contributed by atoms with Gasteiger partial charge in [0.25, 0.3) is 0 Å². The first-order valence-electron chi connectivity index (χ1n) is 8.95. The number of nitrogens with one attached hydrogen (secondary N) is 1. The molecule has 1 heterocycles. The SMILES string of the molecule is CCCN1CCC(NC(=O)CCc2ccccc2OCC)CC1. The molecular formula is C19H30N2O2. The molecule has 1 amide bonds. The van der Waals surface area contributed by atoms with Crippen LogP contribution in [-0.4, -0.2) is 43.1 Å². The molecule has 0 bridgehead atoms. The van der Waals surface area contributed by atoms with Crippen molar-refractivity contribution in [1.29, 1.82) is 0 Å². The van der Waals surface area contributed by atoms with Gasteiger partial charge in [-0.1, -0.05) is 25.1 Å². The largest absolute Gasteiger partial charge is 0.494 e. The fourth-order valence-corrected chi connectivity index (χ4v) is 3.17. The van der Waals surface area contributed by atoms with Crippen LogP contribution in [0.1, 0.15) is 45.1 Å². The Morgan fingerprint density at radius 3 is 2.70 bits per heavy atom. The van der Waals surface area contributed by atoms with Gasteiger partial charge in [0.05, 0.1) is 6.61 Å². The van der Waals surface area contributed by atoms with Crippen LogP contribution in [0.15, 0.2) is 24.3 Å². The number of hydrogen-bond donors (Lipinski definition) is 1. The number of rotatable bonds is 8. The number of ether oxygens (including phenoxy) is 1. The van der Waals surface area contributed by atoms with Crippen molar-refractivity contribution in [3.8, 4) is 5.75 Å². The van der Waals surface area contributed by atoms with Gasteiger partial charge in [0.1, 0.15) is 5.75 Å². The van der Waals surface area contributed by atoms with Crippen molar-refractivity contribution in [2.75, 3.05) is 26.2 Å². The lowest BCUT2D eigenvalue weighted by atomic mass is 10.0. The van der Waals surface area contributed by atoms with Crippen LogP contribution >= 0.6 is 0 Å². The third kappa shape index (κ3) is 5.87. The van der Waals surface area contributed by atoms with Gasteiger partial charge in [-0.25, -0.2) is 0 Å². The molecule has 0 unspecified atom stereocenters. The summed E-state index contributed by atoms with van der Waals surface area (Å²) in [4.78, 5) is 14.7. The topological polar surface area (TPSA) is 41.6 Å². The summed E-state index contributed by atoms with van der Waals surface area (Å²) in [6.45, 7) is 8.23. The molecule has 0 radical (unpaired) electrons. The highest BCUT2D eigenvalue weighted by Gasteiger charge is 2.20. The molecule has 1 aliphatic heterocycles. The van der Waals surface area contributed by atoms with E-state index in [1.165, 1.54) is 13.0 Å². The fourth-order valence-electron chi connectivity index (χ4n) is 3.17. The van der Waals surface area contributed by atoms with Crippen molar-refractivity contribution < 1.29 is 9.53 Å². The van der Waals surface area contributed by atoms with Crippen LogP contribution < -0.4 is 10.1 Å². The number of amides is 1. The van der Waals surface area contributed by atoms with Gasteiger partial charge in [-0.05, 0) is 50.8 Å². The highest BCUT2D eigenvalue weighted by Crippen LogP contribution is 2.19. The molecular weight excluding hydrogens is 288 g/mol. The van der Waals surface area contributed by atoms with Gasteiger partial charge in [0, 0.05) is 25.6 Å². The van der Waals surface area contributed by atoms with Crippen molar-refractivity contribution in [3.63, 3.8) is 0 Å². The highest BCUT2D eigenvalue weighted by molar-refractivity contribution is 5.76. The standard InChI is InChI=1S/C19H30N2O2/c1-3-13-21-14-11-17(12-15-21)20-19(22)10-9-16-7-5-6-8-18(16)23-4-2/h5-8,17H,3-4,9-15H2,1-2H3,(H,20,22). The smallest absolute Gasteiger partial charge is 0.220 e. The maximum atomic E-state index is 12.2. The Balaban J connectivity index is 1.74. The minimum atomic E-state index is 0.158. The van der Waals surface area contributed by atoms with E-state index < -0.39 is 0 Å². The average molecular weight is 318 g/mol. The summed E-state index contributed by atoms with van der Waals surface area (Å²) in [6, 6.07) is 8.33. The maximum absolute atomic E-state index is 12.2. The minimum absolute atomic E-state index is 0.158. The molecule has 1 aromatic rings. The second kappa shape index (κ2) is 9.56. The Morgan fingerprint density at radius 2 is 2.00 bits per heavy atom. The second-order valence-electron chi connectivity index (χ2n) is 6.22. The van der Waals surface area contributed by atoms with Gasteiger partial charge >= 0.3 is 0 Å². The molecule has 1 aromatic carbocycles. The van der Waals surface area contributed by atoms with Gasteiger partial charge in [0.2, 0.25) is 5.91 Å². The molecule has 0 aliphatic carbocycles. The van der Waals surface area contributed by atoms with Crippen LogP contribution in [-0.2, 0) is 11.2 Å². The summed E-state index contributed by atoms with van der Waals surface area (Å²) in [6.07, 6.45) is 4.61. The minimum Gasteiger partial charge on any atom is -0.494 e. The first kappa shape index (κ1) is 17.8. The number of hydrogen-bond acceptors (Lipinski definition) is 3. The number of aryl methyl sites for hydroxylation is 1. The highest BCUT2D eigenvalue weighted by atomic mass is 16.5. The number of piperidine rings is 1. The Hall–Kier alpha value is -1.55. The monoisotopic (exact) mass is 318 g/mol. The Kier molecular flexibility index (Phi) is 7.40. The fraction of sp³-hybridized carbons (Fsp3) is 0.632. The van der Waals surface area contributed by atoms with Crippen molar-refractivity contribution in [1.82, 2.24) is 10.2 Å². The first-order chi connectivity index (χ1) is 11.2. The van der Waals surface area contributed by atoms with E-state index >= 15 is 0 Å². The number of nitrogens with zero attached hydrogens (tertiary/aromatic N) is 1. The van der Waals surface area contributed by atoms with Crippen LogP contribution in [0.25, 0.3) is 0 Å². The Bertz CT molecular complexity index is 482. The van der Waals surface area contributed by atoms with Crippen molar-refractivity contribution in [3.05, 3.63) is 29.8 Å². The van der Waals surface area contributed by atoms with E-state index in [1.807, 2.05) is 31.2 Å². The van der Waals surface area contributed by atoms with E-state index in [0.717, 1.165) is 43.7 Å². The molecule has 0 atom stereocenters. The summed E-state index contributed by atoms with van der Waals surface area (Å²) in [5.74, 6) is 1.06. The van der Waals surface area contributed by atoms with Gasteiger partial charge in [-0.15, -0.1) is 0 Å². The van der Waals surface area contributed by atoms with Crippen molar-refractivity contribution >= 4 is 5.91 Å². The van der Waals surface area contributed by atoms with Crippen LogP contribution in [0.2, 0.25) is 0 Å². The van der Waals surface area contributed by atoms with Crippen LogP contribution in [0.4, 0.5) is 0 Å². The van der Waals surface area contributed by atoms with Crippen LogP contribution in [0.3, 0.4) is 0 Å². The normalized spacial score (nSPS) is 16.3. The summed E-state index contributed by atoms with van der Waals surface area (Å²) < 4.78 is 5.62. The zero-order valence-electron chi connectivity index (χ0n) is 14.5. The van der Waals surface area contributed by atoms with Gasteiger partial charge in [-0.2, -0.15) is 0 Å². The molecule has 1 saturated heterocycles. The number of likely N-dealkylation sites (tertiary alicyclic amines) is 1. The second-order valence-corrected chi connectivity index (χ2v) is 6.22. The summed E-state index contributed by atoms with van der Waals surface area (Å²) >= 11 is 0. The molecule has 4 heteroatoms. The number of para-hydroxylation sites is 1. The van der Waals surface area contributed by atoms with Gasteiger partial charge in [-0.3, -0.25) is 4.79 Å². The molecule has 2 rings (SSSR count). The van der Waals surface area contributed by atoms with E-state index in [-0.39, 0.29) is 5.91 Å². The lowest BCUT2D eigenvalue weighted by Gasteiger charge is -2.32. The molecule has 0 saturated carbocycles. The van der Waals surface area contributed by atoms with Gasteiger partial charge in [0.15, 0.2) is 0 Å². The molecule has 1 N–H and O–H groups in total.